The fourth-order valence-electron chi connectivity index (χ4n) is 1.87. The number of hydrogen-bond donors (Lipinski definition) is 3. The minimum Gasteiger partial charge on any atom is -0.508 e. The molecule has 0 fully saturated rings. The number of aromatic hydroxyl groups is 1. The fourth-order valence-corrected chi connectivity index (χ4v) is 1.99. The van der Waals surface area contributed by atoms with Crippen LogP contribution in [0.5, 0.6) is 11.5 Å². The third-order valence-corrected chi connectivity index (χ3v) is 3.43. The molecule has 0 saturated carbocycles. The molecule has 27 heavy (non-hydrogen) atoms. The number of rotatable bonds is 7. The number of nitrogens with one attached hydrogen (secondary N) is 2. The van der Waals surface area contributed by atoms with Crippen molar-refractivity contribution in [1.29, 1.82) is 0 Å². The summed E-state index contributed by atoms with van der Waals surface area (Å²) < 4.78 is 10.0. The number of amides is 2. The van der Waals surface area contributed by atoms with Gasteiger partial charge in [0.2, 0.25) is 0 Å². The lowest BCUT2D eigenvalue weighted by Gasteiger charge is -2.09. The first-order valence-corrected chi connectivity index (χ1v) is 8.20. The van der Waals surface area contributed by atoms with Crippen molar-refractivity contribution < 1.29 is 29.0 Å². The molecule has 3 N–H and O–H groups in total. The highest BCUT2D eigenvalue weighted by atomic mass is 35.5. The summed E-state index contributed by atoms with van der Waals surface area (Å²) in [5.74, 6) is -1.37. The molecular weight excluding hydrogens is 376 g/mol. The van der Waals surface area contributed by atoms with E-state index in [-0.39, 0.29) is 18.8 Å². The predicted molar refractivity (Wildman–Crippen MR) is 96.0 cm³/mol. The normalized spacial score (nSPS) is 9.96. The number of ether oxygens (including phenoxy) is 2. The monoisotopic (exact) mass is 392 g/mol. The Hall–Kier alpha value is -3.26. The van der Waals surface area contributed by atoms with Crippen LogP contribution in [0.2, 0.25) is 5.02 Å². The number of phenolic OH excluding ortho intramolecular Hbond substituents is 1. The molecule has 0 bridgehead atoms. The van der Waals surface area contributed by atoms with Gasteiger partial charge in [-0.3, -0.25) is 25.2 Å². The molecule has 0 aromatic heterocycles. The highest BCUT2D eigenvalue weighted by Gasteiger charge is 2.10. The smallest absolute Gasteiger partial charge is 0.310 e. The average molecular weight is 393 g/mol. The second-order valence-corrected chi connectivity index (χ2v) is 5.78. The van der Waals surface area contributed by atoms with E-state index in [1.807, 2.05) is 0 Å². The molecule has 8 nitrogen and oxygen atoms in total. The Morgan fingerprint density at radius 1 is 0.889 bits per heavy atom. The Morgan fingerprint density at radius 3 is 2.11 bits per heavy atom. The standard InChI is InChI=1S/C18H17ClN2O6/c19-13-3-7-15(8-4-13)26-10-16(23)20-21-17(24)11-27-18(25)9-12-1-5-14(22)6-2-12/h1-8,22H,9-11H2,(H,20,23)(H,21,24). The summed E-state index contributed by atoms with van der Waals surface area (Å²) in [6.07, 6.45) is -0.0468. The van der Waals surface area contributed by atoms with Gasteiger partial charge < -0.3 is 14.6 Å². The van der Waals surface area contributed by atoms with E-state index in [1.165, 1.54) is 12.1 Å². The maximum Gasteiger partial charge on any atom is 0.310 e. The molecule has 0 aliphatic carbocycles. The van der Waals surface area contributed by atoms with Crippen molar-refractivity contribution in [2.45, 2.75) is 6.42 Å². The molecule has 0 saturated heterocycles. The Kier molecular flexibility index (Phi) is 7.45. The summed E-state index contributed by atoms with van der Waals surface area (Å²) in [6, 6.07) is 12.4. The topological polar surface area (TPSA) is 114 Å². The van der Waals surface area contributed by atoms with Crippen LogP contribution in [0.25, 0.3) is 0 Å². The number of benzene rings is 2. The highest BCUT2D eigenvalue weighted by molar-refractivity contribution is 6.30. The van der Waals surface area contributed by atoms with Gasteiger partial charge >= 0.3 is 5.97 Å². The van der Waals surface area contributed by atoms with Gasteiger partial charge in [-0.2, -0.15) is 0 Å². The first kappa shape index (κ1) is 20.1. The van der Waals surface area contributed by atoms with Gasteiger partial charge in [-0.1, -0.05) is 23.7 Å². The Bertz CT molecular complexity index is 793. The number of phenols is 1. The largest absolute Gasteiger partial charge is 0.508 e. The van der Waals surface area contributed by atoms with E-state index in [1.54, 1.807) is 36.4 Å². The lowest BCUT2D eigenvalue weighted by Crippen LogP contribution is -2.45. The number of hydrogen-bond acceptors (Lipinski definition) is 6. The van der Waals surface area contributed by atoms with Crippen LogP contribution in [0.4, 0.5) is 0 Å². The molecule has 2 amide bonds. The van der Waals surface area contributed by atoms with Crippen molar-refractivity contribution in [2.24, 2.45) is 0 Å². The van der Waals surface area contributed by atoms with Crippen LogP contribution in [0.15, 0.2) is 48.5 Å². The lowest BCUT2D eigenvalue weighted by molar-refractivity contribution is -0.148. The molecule has 0 aliphatic heterocycles. The van der Waals surface area contributed by atoms with Crippen molar-refractivity contribution in [3.63, 3.8) is 0 Å². The molecule has 0 heterocycles. The fraction of sp³-hybridized carbons (Fsp3) is 0.167. The molecular formula is C18H17ClN2O6. The summed E-state index contributed by atoms with van der Waals surface area (Å²) in [5.41, 5.74) is 4.87. The van der Waals surface area contributed by atoms with Gasteiger partial charge in [-0.25, -0.2) is 0 Å². The van der Waals surface area contributed by atoms with Crippen LogP contribution in [-0.2, 0) is 25.5 Å². The number of halogens is 1. The number of esters is 1. The maximum absolute atomic E-state index is 11.6. The van der Waals surface area contributed by atoms with E-state index in [0.717, 1.165) is 0 Å². The molecule has 0 spiro atoms. The molecule has 142 valence electrons. The van der Waals surface area contributed by atoms with Crippen LogP contribution in [0, 0.1) is 0 Å². The minimum absolute atomic E-state index is 0.0468. The summed E-state index contributed by atoms with van der Waals surface area (Å²) in [6.45, 7) is -0.863. The zero-order chi connectivity index (χ0) is 19.6. The van der Waals surface area contributed by atoms with Crippen molar-refractivity contribution in [3.8, 4) is 11.5 Å². The third kappa shape index (κ3) is 7.66. The highest BCUT2D eigenvalue weighted by Crippen LogP contribution is 2.15. The van der Waals surface area contributed by atoms with E-state index in [2.05, 4.69) is 10.9 Å². The van der Waals surface area contributed by atoms with Gasteiger partial charge in [0, 0.05) is 5.02 Å². The predicted octanol–water partition coefficient (Wildman–Crippen LogP) is 1.36. The van der Waals surface area contributed by atoms with E-state index in [0.29, 0.717) is 16.3 Å². The molecule has 0 aliphatic rings. The quantitative estimate of drug-likeness (QED) is 0.484. The molecule has 2 rings (SSSR count). The van der Waals surface area contributed by atoms with E-state index >= 15 is 0 Å². The van der Waals surface area contributed by atoms with Crippen LogP contribution in [-0.4, -0.2) is 36.1 Å². The zero-order valence-corrected chi connectivity index (χ0v) is 14.9. The summed E-state index contributed by atoms with van der Waals surface area (Å²) in [5, 5.41) is 9.71. The summed E-state index contributed by atoms with van der Waals surface area (Å²) in [4.78, 5) is 34.8. The van der Waals surface area contributed by atoms with Gasteiger partial charge in [-0.05, 0) is 42.0 Å². The Morgan fingerprint density at radius 2 is 1.48 bits per heavy atom. The Labute approximate surface area is 160 Å². The molecule has 2 aromatic rings. The third-order valence-electron chi connectivity index (χ3n) is 3.17. The average Bonchev–Trinajstić information content (AvgIpc) is 2.66. The van der Waals surface area contributed by atoms with Crippen molar-refractivity contribution in [3.05, 3.63) is 59.1 Å². The van der Waals surface area contributed by atoms with E-state index < -0.39 is 24.4 Å². The van der Waals surface area contributed by atoms with Gasteiger partial charge in [0.1, 0.15) is 11.5 Å². The zero-order valence-electron chi connectivity index (χ0n) is 14.1. The van der Waals surface area contributed by atoms with Crippen LogP contribution < -0.4 is 15.6 Å². The van der Waals surface area contributed by atoms with Crippen LogP contribution in [0.1, 0.15) is 5.56 Å². The van der Waals surface area contributed by atoms with E-state index in [9.17, 15) is 14.4 Å². The van der Waals surface area contributed by atoms with Crippen LogP contribution >= 0.6 is 11.6 Å². The lowest BCUT2D eigenvalue weighted by atomic mass is 10.1. The van der Waals surface area contributed by atoms with Crippen molar-refractivity contribution >= 4 is 29.4 Å². The van der Waals surface area contributed by atoms with Crippen molar-refractivity contribution in [2.75, 3.05) is 13.2 Å². The molecule has 0 atom stereocenters. The van der Waals surface area contributed by atoms with Crippen molar-refractivity contribution in [1.82, 2.24) is 10.9 Å². The summed E-state index contributed by atoms with van der Waals surface area (Å²) in [7, 11) is 0. The second kappa shape index (κ2) is 10.0. The number of hydrazine groups is 1. The number of carbonyl (C=O) groups is 3. The van der Waals surface area contributed by atoms with Crippen LogP contribution in [0.3, 0.4) is 0 Å². The van der Waals surface area contributed by atoms with Gasteiger partial charge in [-0.15, -0.1) is 0 Å². The minimum atomic E-state index is -0.700. The SMILES string of the molecule is O=C(COC(=O)Cc1ccc(O)cc1)NNC(=O)COc1ccc(Cl)cc1. The molecule has 0 radical (unpaired) electrons. The molecule has 2 aromatic carbocycles. The first-order chi connectivity index (χ1) is 12.9. The summed E-state index contributed by atoms with van der Waals surface area (Å²) >= 11 is 5.73. The van der Waals surface area contributed by atoms with Gasteiger partial charge in [0.05, 0.1) is 6.42 Å². The first-order valence-electron chi connectivity index (χ1n) is 7.82. The second-order valence-electron chi connectivity index (χ2n) is 5.34. The van der Waals surface area contributed by atoms with Gasteiger partial charge in [0.25, 0.3) is 11.8 Å². The Balaban J connectivity index is 1.62. The maximum atomic E-state index is 11.6. The molecule has 0 unspecified atom stereocenters. The molecule has 9 heteroatoms. The van der Waals surface area contributed by atoms with E-state index in [4.69, 9.17) is 26.2 Å². The van der Waals surface area contributed by atoms with Gasteiger partial charge in [0.15, 0.2) is 13.2 Å². The number of carbonyl (C=O) groups excluding carboxylic acids is 3.